The van der Waals surface area contributed by atoms with E-state index in [4.69, 9.17) is 4.74 Å². The SMILES string of the molecule is CCCN(CC(=O)N(CCOC)Cc1cccn1C)C(=O)CC(C)CC(C)(C)C. The maximum atomic E-state index is 13.1. The molecular weight excluding hydrogens is 366 g/mol. The molecule has 1 aromatic heterocycles. The molecular formula is C23H41N3O3. The highest BCUT2D eigenvalue weighted by Gasteiger charge is 2.24. The summed E-state index contributed by atoms with van der Waals surface area (Å²) in [7, 11) is 3.60. The van der Waals surface area contributed by atoms with Crippen LogP contribution in [0.4, 0.5) is 0 Å². The molecule has 1 rings (SSSR count). The number of amides is 2. The number of hydrogen-bond donors (Lipinski definition) is 0. The topological polar surface area (TPSA) is 54.8 Å². The molecule has 0 aromatic carbocycles. The Balaban J connectivity index is 2.79. The minimum atomic E-state index is -0.0338. The molecule has 0 aliphatic rings. The van der Waals surface area contributed by atoms with Gasteiger partial charge in [0.25, 0.3) is 0 Å². The number of carbonyl (C=O) groups excluding carboxylic acids is 2. The monoisotopic (exact) mass is 407 g/mol. The number of ether oxygens (including phenoxy) is 1. The number of aromatic nitrogens is 1. The quantitative estimate of drug-likeness (QED) is 0.531. The number of carbonyl (C=O) groups is 2. The molecule has 0 saturated heterocycles. The number of rotatable bonds is 12. The summed E-state index contributed by atoms with van der Waals surface area (Å²) in [6.45, 7) is 13.0. The molecule has 0 fully saturated rings. The largest absolute Gasteiger partial charge is 0.383 e. The lowest BCUT2D eigenvalue weighted by Gasteiger charge is -2.29. The fourth-order valence-electron chi connectivity index (χ4n) is 3.72. The fourth-order valence-corrected chi connectivity index (χ4v) is 3.72. The Hall–Kier alpha value is -1.82. The van der Waals surface area contributed by atoms with Gasteiger partial charge in [-0.1, -0.05) is 34.6 Å². The maximum absolute atomic E-state index is 13.1. The molecule has 2 amide bonds. The van der Waals surface area contributed by atoms with Crippen molar-refractivity contribution in [2.75, 3.05) is 33.4 Å². The Bertz CT molecular complexity index is 634. The standard InChI is InChI=1S/C23H41N3O3/c1-8-11-25(21(27)15-19(2)16-23(3,4)5)18-22(28)26(13-14-29-7)17-20-10-9-12-24(20)6/h9-10,12,19H,8,11,13-18H2,1-7H3. The predicted molar refractivity (Wildman–Crippen MR) is 117 cm³/mol. The number of nitrogens with zero attached hydrogens (tertiary/aromatic N) is 3. The summed E-state index contributed by atoms with van der Waals surface area (Å²) in [6, 6.07) is 3.98. The zero-order valence-corrected chi connectivity index (χ0v) is 19.5. The first-order valence-corrected chi connectivity index (χ1v) is 10.7. The predicted octanol–water partition coefficient (Wildman–Crippen LogP) is 3.70. The lowest BCUT2D eigenvalue weighted by Crippen LogP contribution is -2.44. The molecule has 0 aliphatic heterocycles. The molecule has 0 bridgehead atoms. The summed E-state index contributed by atoms with van der Waals surface area (Å²) in [5, 5.41) is 0. The lowest BCUT2D eigenvalue weighted by molar-refractivity contribution is -0.141. The summed E-state index contributed by atoms with van der Waals surface area (Å²) in [4.78, 5) is 29.5. The zero-order valence-electron chi connectivity index (χ0n) is 19.5. The van der Waals surface area contributed by atoms with Crippen molar-refractivity contribution in [3.05, 3.63) is 24.0 Å². The molecule has 1 heterocycles. The second kappa shape index (κ2) is 12.0. The van der Waals surface area contributed by atoms with E-state index in [0.717, 1.165) is 18.5 Å². The Morgan fingerprint density at radius 1 is 1.17 bits per heavy atom. The van der Waals surface area contributed by atoms with Gasteiger partial charge >= 0.3 is 0 Å². The third kappa shape index (κ3) is 9.48. The van der Waals surface area contributed by atoms with Gasteiger partial charge < -0.3 is 19.1 Å². The molecule has 166 valence electrons. The average Bonchev–Trinajstić information content (AvgIpc) is 3.00. The minimum Gasteiger partial charge on any atom is -0.383 e. The third-order valence-corrected chi connectivity index (χ3v) is 4.98. The third-order valence-electron chi connectivity index (χ3n) is 4.98. The van der Waals surface area contributed by atoms with Crippen LogP contribution in [0.3, 0.4) is 0 Å². The van der Waals surface area contributed by atoms with Gasteiger partial charge in [-0.3, -0.25) is 9.59 Å². The van der Waals surface area contributed by atoms with Crippen LogP contribution in [0.2, 0.25) is 0 Å². The Labute approximate surface area is 177 Å². The first-order chi connectivity index (χ1) is 13.6. The van der Waals surface area contributed by atoms with Crippen LogP contribution in [-0.4, -0.2) is 59.5 Å². The van der Waals surface area contributed by atoms with Crippen LogP contribution >= 0.6 is 0 Å². The van der Waals surface area contributed by atoms with Gasteiger partial charge in [0.2, 0.25) is 11.8 Å². The summed E-state index contributed by atoms with van der Waals surface area (Å²) in [6.07, 6.45) is 4.28. The molecule has 1 aromatic rings. The highest BCUT2D eigenvalue weighted by molar-refractivity contribution is 5.85. The lowest BCUT2D eigenvalue weighted by atomic mass is 9.84. The van der Waals surface area contributed by atoms with E-state index in [-0.39, 0.29) is 23.8 Å². The maximum Gasteiger partial charge on any atom is 0.242 e. The van der Waals surface area contributed by atoms with Crippen LogP contribution in [0.25, 0.3) is 0 Å². The molecule has 29 heavy (non-hydrogen) atoms. The van der Waals surface area contributed by atoms with E-state index >= 15 is 0 Å². The van der Waals surface area contributed by atoms with Gasteiger partial charge in [0.15, 0.2) is 0 Å². The van der Waals surface area contributed by atoms with E-state index in [1.54, 1.807) is 16.9 Å². The van der Waals surface area contributed by atoms with E-state index in [1.165, 1.54) is 0 Å². The summed E-state index contributed by atoms with van der Waals surface area (Å²) >= 11 is 0. The van der Waals surface area contributed by atoms with Gasteiger partial charge in [0.1, 0.15) is 0 Å². The van der Waals surface area contributed by atoms with Crippen molar-refractivity contribution >= 4 is 11.8 Å². The first kappa shape index (κ1) is 25.2. The van der Waals surface area contributed by atoms with Gasteiger partial charge in [-0.15, -0.1) is 0 Å². The second-order valence-electron chi connectivity index (χ2n) is 9.31. The van der Waals surface area contributed by atoms with Crippen LogP contribution in [0, 0.1) is 11.3 Å². The molecule has 0 aliphatic carbocycles. The van der Waals surface area contributed by atoms with Crippen molar-refractivity contribution in [1.82, 2.24) is 14.4 Å². The Morgan fingerprint density at radius 2 is 1.86 bits per heavy atom. The van der Waals surface area contributed by atoms with Gasteiger partial charge in [0, 0.05) is 45.6 Å². The van der Waals surface area contributed by atoms with Gasteiger partial charge in [-0.2, -0.15) is 0 Å². The van der Waals surface area contributed by atoms with Crippen molar-refractivity contribution in [3.8, 4) is 0 Å². The van der Waals surface area contributed by atoms with Crippen molar-refractivity contribution in [3.63, 3.8) is 0 Å². The number of hydrogen-bond acceptors (Lipinski definition) is 3. The van der Waals surface area contributed by atoms with E-state index < -0.39 is 0 Å². The minimum absolute atomic E-state index is 0.0338. The van der Waals surface area contributed by atoms with Crippen molar-refractivity contribution in [1.29, 1.82) is 0 Å². The molecule has 6 heteroatoms. The van der Waals surface area contributed by atoms with Crippen LogP contribution in [0.1, 0.15) is 59.6 Å². The highest BCUT2D eigenvalue weighted by atomic mass is 16.5. The van der Waals surface area contributed by atoms with Crippen LogP contribution in [0.5, 0.6) is 0 Å². The van der Waals surface area contributed by atoms with E-state index in [2.05, 4.69) is 27.7 Å². The van der Waals surface area contributed by atoms with E-state index in [1.807, 2.05) is 36.9 Å². The molecule has 0 radical (unpaired) electrons. The van der Waals surface area contributed by atoms with Crippen molar-refractivity contribution in [2.24, 2.45) is 18.4 Å². The van der Waals surface area contributed by atoms with E-state index in [9.17, 15) is 9.59 Å². The van der Waals surface area contributed by atoms with Gasteiger partial charge in [0.05, 0.1) is 19.7 Å². The summed E-state index contributed by atoms with van der Waals surface area (Å²) in [5.41, 5.74) is 1.25. The number of aryl methyl sites for hydroxylation is 1. The number of methoxy groups -OCH3 is 1. The molecule has 6 nitrogen and oxygen atoms in total. The van der Waals surface area contributed by atoms with Crippen LogP contribution in [-0.2, 0) is 27.9 Å². The van der Waals surface area contributed by atoms with Crippen LogP contribution < -0.4 is 0 Å². The van der Waals surface area contributed by atoms with Crippen molar-refractivity contribution in [2.45, 2.75) is 60.4 Å². The molecule has 1 atom stereocenters. The first-order valence-electron chi connectivity index (χ1n) is 10.7. The van der Waals surface area contributed by atoms with Gasteiger partial charge in [-0.05, 0) is 36.3 Å². The normalized spacial score (nSPS) is 12.7. The van der Waals surface area contributed by atoms with Crippen molar-refractivity contribution < 1.29 is 14.3 Å². The summed E-state index contributed by atoms with van der Waals surface area (Å²) in [5.74, 6) is 0.334. The van der Waals surface area contributed by atoms with Gasteiger partial charge in [-0.25, -0.2) is 0 Å². The molecule has 0 N–H and O–H groups in total. The Kier molecular flexibility index (Phi) is 10.4. The molecule has 1 unspecified atom stereocenters. The smallest absolute Gasteiger partial charge is 0.242 e. The fraction of sp³-hybridized carbons (Fsp3) is 0.739. The van der Waals surface area contributed by atoms with Crippen LogP contribution in [0.15, 0.2) is 18.3 Å². The Morgan fingerprint density at radius 3 is 2.38 bits per heavy atom. The highest BCUT2D eigenvalue weighted by Crippen LogP contribution is 2.26. The summed E-state index contributed by atoms with van der Waals surface area (Å²) < 4.78 is 7.20. The zero-order chi connectivity index (χ0) is 22.0. The van der Waals surface area contributed by atoms with E-state index in [0.29, 0.717) is 38.6 Å². The second-order valence-corrected chi connectivity index (χ2v) is 9.31. The molecule has 0 saturated carbocycles. The molecule has 0 spiro atoms. The average molecular weight is 408 g/mol.